The van der Waals surface area contributed by atoms with E-state index in [1.165, 1.54) is 0 Å². The summed E-state index contributed by atoms with van der Waals surface area (Å²) in [6.07, 6.45) is 2.03. The van der Waals surface area contributed by atoms with Crippen LogP contribution in [0.1, 0.15) is 12.8 Å². The van der Waals surface area contributed by atoms with Crippen molar-refractivity contribution < 1.29 is 9.53 Å². The summed E-state index contributed by atoms with van der Waals surface area (Å²) in [5.74, 6) is 0.150. The number of carbonyl (C=O) groups excluding carboxylic acids is 1. The van der Waals surface area contributed by atoms with Crippen molar-refractivity contribution in [3.8, 4) is 0 Å². The molecule has 2 nitrogen and oxygen atoms in total. The molecule has 1 saturated carbocycles. The van der Waals surface area contributed by atoms with Crippen LogP contribution in [-0.4, -0.2) is 12.6 Å². The molecule has 0 aromatic heterocycles. The number of hydrogen-bond donors (Lipinski definition) is 0. The smallest absolute Gasteiger partial charge is 0.308 e. The number of carbonyl (C=O) groups is 1. The monoisotopic (exact) mass is 113 g/mol. The van der Waals surface area contributed by atoms with Crippen LogP contribution < -0.4 is 0 Å². The second kappa shape index (κ2) is 2.16. The number of rotatable bonds is 2. The van der Waals surface area contributed by atoms with E-state index in [0.29, 0.717) is 0 Å². The van der Waals surface area contributed by atoms with Crippen molar-refractivity contribution in [2.45, 2.75) is 12.8 Å². The fraction of sp³-hybridized carbons (Fsp3) is 0.667. The Bertz CT molecular complexity index is 94.7. The van der Waals surface area contributed by atoms with Gasteiger partial charge in [-0.15, -0.1) is 0 Å². The lowest BCUT2D eigenvalue weighted by Gasteiger charge is -1.95. The predicted molar refractivity (Wildman–Crippen MR) is 29.0 cm³/mol. The summed E-state index contributed by atoms with van der Waals surface area (Å²) in [6.45, 7) is 3.67. The molecule has 0 atom stereocenters. The van der Waals surface area contributed by atoms with Crippen LogP contribution in [0.5, 0.6) is 0 Å². The maximum absolute atomic E-state index is 10.5. The molecule has 0 saturated heterocycles. The minimum Gasteiger partial charge on any atom is -0.465 e. The summed E-state index contributed by atoms with van der Waals surface area (Å²) in [5.41, 5.74) is 0. The Morgan fingerprint density at radius 3 is 2.75 bits per heavy atom. The zero-order valence-corrected chi connectivity index (χ0v) is 4.72. The van der Waals surface area contributed by atoms with Gasteiger partial charge in [-0.05, 0) is 19.8 Å². The molecule has 0 aromatic carbocycles. The lowest BCUT2D eigenvalue weighted by atomic mass is 10.4. The second-order valence-corrected chi connectivity index (χ2v) is 1.94. The molecule has 0 bridgehead atoms. The average molecular weight is 113 g/mol. The summed E-state index contributed by atoms with van der Waals surface area (Å²) < 4.78 is 4.62. The van der Waals surface area contributed by atoms with E-state index in [4.69, 9.17) is 0 Å². The van der Waals surface area contributed by atoms with E-state index >= 15 is 0 Å². The lowest BCUT2D eigenvalue weighted by molar-refractivity contribution is -0.143. The number of esters is 1. The normalized spacial score (nSPS) is 18.1. The highest BCUT2D eigenvalue weighted by Crippen LogP contribution is 2.29. The van der Waals surface area contributed by atoms with Gasteiger partial charge in [-0.25, -0.2) is 0 Å². The van der Waals surface area contributed by atoms with Crippen LogP contribution in [0.3, 0.4) is 0 Å². The third-order valence-electron chi connectivity index (χ3n) is 1.16. The molecule has 1 aliphatic rings. The summed E-state index contributed by atoms with van der Waals surface area (Å²) in [4.78, 5) is 10.5. The molecule has 0 N–H and O–H groups in total. The molecule has 8 heavy (non-hydrogen) atoms. The van der Waals surface area contributed by atoms with Crippen LogP contribution in [-0.2, 0) is 9.53 Å². The van der Waals surface area contributed by atoms with Gasteiger partial charge in [0.2, 0.25) is 0 Å². The molecule has 1 rings (SSSR count). The largest absolute Gasteiger partial charge is 0.465 e. The predicted octanol–water partition coefficient (Wildman–Crippen LogP) is 0.774. The Morgan fingerprint density at radius 1 is 1.75 bits per heavy atom. The first-order valence-electron chi connectivity index (χ1n) is 2.80. The highest BCUT2D eigenvalue weighted by molar-refractivity contribution is 5.74. The van der Waals surface area contributed by atoms with Gasteiger partial charge in [0.05, 0.1) is 12.5 Å². The first-order chi connectivity index (χ1) is 3.84. The van der Waals surface area contributed by atoms with Gasteiger partial charge in [0, 0.05) is 0 Å². The van der Waals surface area contributed by atoms with E-state index < -0.39 is 0 Å². The van der Waals surface area contributed by atoms with Crippen molar-refractivity contribution in [1.29, 1.82) is 0 Å². The van der Waals surface area contributed by atoms with Gasteiger partial charge in [0.25, 0.3) is 0 Å². The maximum atomic E-state index is 10.5. The fourth-order valence-corrected chi connectivity index (χ4v) is 0.537. The highest BCUT2D eigenvalue weighted by Gasteiger charge is 2.30. The van der Waals surface area contributed by atoms with Gasteiger partial charge in [-0.1, -0.05) is 0 Å². The van der Waals surface area contributed by atoms with Gasteiger partial charge in [-0.3, -0.25) is 4.79 Å². The first kappa shape index (κ1) is 5.60. The first-order valence-corrected chi connectivity index (χ1v) is 2.80. The van der Waals surface area contributed by atoms with E-state index in [1.54, 1.807) is 0 Å². The molecule has 1 aliphatic carbocycles. The summed E-state index contributed by atoms with van der Waals surface area (Å²) in [7, 11) is 0. The standard InChI is InChI=1S/C6H9O2/c1-2-8-6(7)5-3-4-5/h5H,1-4H2. The lowest BCUT2D eigenvalue weighted by Crippen LogP contribution is -2.05. The Morgan fingerprint density at radius 2 is 2.38 bits per heavy atom. The summed E-state index contributed by atoms with van der Waals surface area (Å²) >= 11 is 0. The molecular formula is C6H9O2. The van der Waals surface area contributed by atoms with Gasteiger partial charge >= 0.3 is 5.97 Å². The van der Waals surface area contributed by atoms with Crippen molar-refractivity contribution in [3.05, 3.63) is 6.92 Å². The molecule has 45 valence electrons. The molecule has 1 fully saturated rings. The SMILES string of the molecule is [CH2]COC(=O)C1CC1. The Balaban J connectivity index is 2.13. The van der Waals surface area contributed by atoms with Crippen molar-refractivity contribution in [2.75, 3.05) is 6.61 Å². The van der Waals surface area contributed by atoms with Gasteiger partial charge in [-0.2, -0.15) is 0 Å². The third-order valence-corrected chi connectivity index (χ3v) is 1.16. The van der Waals surface area contributed by atoms with Crippen LogP contribution in [0.25, 0.3) is 0 Å². The average Bonchev–Trinajstić information content (AvgIpc) is 2.45. The zero-order chi connectivity index (χ0) is 5.98. The van der Waals surface area contributed by atoms with Crippen molar-refractivity contribution in [1.82, 2.24) is 0 Å². The highest BCUT2D eigenvalue weighted by atomic mass is 16.5. The van der Waals surface area contributed by atoms with Gasteiger partial charge in [0.15, 0.2) is 0 Å². The number of ether oxygens (including phenoxy) is 1. The van der Waals surface area contributed by atoms with Crippen molar-refractivity contribution >= 4 is 5.97 Å². The Hall–Kier alpha value is -0.530. The van der Waals surface area contributed by atoms with E-state index in [0.717, 1.165) is 12.8 Å². The molecule has 1 radical (unpaired) electrons. The molecule has 2 heteroatoms. The van der Waals surface area contributed by atoms with E-state index in [2.05, 4.69) is 11.7 Å². The van der Waals surface area contributed by atoms with Crippen molar-refractivity contribution in [3.63, 3.8) is 0 Å². The quantitative estimate of drug-likeness (QED) is 0.494. The summed E-state index contributed by atoms with van der Waals surface area (Å²) in [6, 6.07) is 0. The Labute approximate surface area is 48.8 Å². The molecule has 0 amide bonds. The van der Waals surface area contributed by atoms with E-state index in [1.807, 2.05) is 0 Å². The molecule has 0 heterocycles. The topological polar surface area (TPSA) is 26.3 Å². The maximum Gasteiger partial charge on any atom is 0.308 e. The molecular weight excluding hydrogens is 104 g/mol. The molecule has 0 aromatic rings. The van der Waals surface area contributed by atoms with Gasteiger partial charge < -0.3 is 4.74 Å². The fourth-order valence-electron chi connectivity index (χ4n) is 0.537. The van der Waals surface area contributed by atoms with Crippen LogP contribution in [0.2, 0.25) is 0 Å². The van der Waals surface area contributed by atoms with Crippen LogP contribution in [0, 0.1) is 12.8 Å². The minimum absolute atomic E-state index is 0.0694. The molecule has 0 unspecified atom stereocenters. The van der Waals surface area contributed by atoms with E-state index in [-0.39, 0.29) is 18.5 Å². The second-order valence-electron chi connectivity index (χ2n) is 1.94. The van der Waals surface area contributed by atoms with Gasteiger partial charge in [0.1, 0.15) is 0 Å². The van der Waals surface area contributed by atoms with E-state index in [9.17, 15) is 4.79 Å². The zero-order valence-electron chi connectivity index (χ0n) is 4.72. The van der Waals surface area contributed by atoms with Crippen LogP contribution in [0.15, 0.2) is 0 Å². The summed E-state index contributed by atoms with van der Waals surface area (Å²) in [5, 5.41) is 0. The third kappa shape index (κ3) is 1.22. The van der Waals surface area contributed by atoms with Crippen LogP contribution in [0.4, 0.5) is 0 Å². The Kier molecular flexibility index (Phi) is 1.51. The minimum atomic E-state index is -0.0694. The van der Waals surface area contributed by atoms with Crippen molar-refractivity contribution in [2.24, 2.45) is 5.92 Å². The molecule has 0 spiro atoms. The number of hydrogen-bond acceptors (Lipinski definition) is 2. The molecule has 0 aliphatic heterocycles. The van der Waals surface area contributed by atoms with Crippen LogP contribution >= 0.6 is 0 Å².